The van der Waals surface area contributed by atoms with Crippen molar-refractivity contribution in [1.29, 1.82) is 0 Å². The standard InChI is InChI=1S/C13H18N4S/c1-10-15-9-11(8-14)13(16-10)17(2)6-5-12-4-3-7-18-12/h3-4,7,9H,5-6,8,14H2,1-2H3. The van der Waals surface area contributed by atoms with Crippen molar-refractivity contribution in [2.24, 2.45) is 5.73 Å². The van der Waals surface area contributed by atoms with E-state index in [9.17, 15) is 0 Å². The van der Waals surface area contributed by atoms with E-state index in [0.29, 0.717) is 6.54 Å². The van der Waals surface area contributed by atoms with Crippen molar-refractivity contribution in [2.45, 2.75) is 19.9 Å². The van der Waals surface area contributed by atoms with Crippen LogP contribution in [0.1, 0.15) is 16.3 Å². The van der Waals surface area contributed by atoms with Crippen LogP contribution >= 0.6 is 11.3 Å². The maximum atomic E-state index is 5.72. The van der Waals surface area contributed by atoms with E-state index in [0.717, 1.165) is 30.2 Å². The van der Waals surface area contributed by atoms with Gasteiger partial charge in [0.1, 0.15) is 11.6 Å². The van der Waals surface area contributed by atoms with E-state index in [-0.39, 0.29) is 0 Å². The molecule has 0 aromatic carbocycles. The first-order valence-corrected chi connectivity index (χ1v) is 6.84. The summed E-state index contributed by atoms with van der Waals surface area (Å²) in [5, 5.41) is 2.11. The van der Waals surface area contributed by atoms with Crippen LogP contribution in [-0.4, -0.2) is 23.6 Å². The lowest BCUT2D eigenvalue weighted by atomic mass is 10.2. The summed E-state index contributed by atoms with van der Waals surface area (Å²) in [6.45, 7) is 3.31. The summed E-state index contributed by atoms with van der Waals surface area (Å²) >= 11 is 1.79. The Balaban J connectivity index is 2.08. The highest BCUT2D eigenvalue weighted by Crippen LogP contribution is 2.17. The maximum Gasteiger partial charge on any atom is 0.136 e. The highest BCUT2D eigenvalue weighted by molar-refractivity contribution is 7.09. The Morgan fingerprint density at radius 2 is 2.28 bits per heavy atom. The van der Waals surface area contributed by atoms with E-state index in [1.165, 1.54) is 4.88 Å². The molecular formula is C13H18N4S. The van der Waals surface area contributed by atoms with Crippen LogP contribution < -0.4 is 10.6 Å². The fraction of sp³-hybridized carbons (Fsp3) is 0.385. The van der Waals surface area contributed by atoms with E-state index < -0.39 is 0 Å². The number of thiophene rings is 1. The molecule has 5 heteroatoms. The van der Waals surface area contributed by atoms with Crippen molar-refractivity contribution < 1.29 is 0 Å². The zero-order chi connectivity index (χ0) is 13.0. The number of likely N-dealkylation sites (N-methyl/N-ethyl adjacent to an activating group) is 1. The first kappa shape index (κ1) is 13.0. The van der Waals surface area contributed by atoms with Gasteiger partial charge in [0, 0.05) is 36.8 Å². The zero-order valence-electron chi connectivity index (χ0n) is 10.8. The number of aromatic nitrogens is 2. The Morgan fingerprint density at radius 1 is 1.44 bits per heavy atom. The van der Waals surface area contributed by atoms with Crippen LogP contribution in [0.15, 0.2) is 23.7 Å². The summed E-state index contributed by atoms with van der Waals surface area (Å²) in [4.78, 5) is 12.2. The molecule has 0 aliphatic carbocycles. The Labute approximate surface area is 111 Å². The van der Waals surface area contributed by atoms with E-state index >= 15 is 0 Å². The van der Waals surface area contributed by atoms with E-state index in [1.54, 1.807) is 11.3 Å². The maximum absolute atomic E-state index is 5.72. The lowest BCUT2D eigenvalue weighted by molar-refractivity contribution is 0.836. The van der Waals surface area contributed by atoms with Crippen molar-refractivity contribution in [3.05, 3.63) is 40.0 Å². The monoisotopic (exact) mass is 262 g/mol. The number of nitrogens with two attached hydrogens (primary N) is 1. The third-order valence-electron chi connectivity index (χ3n) is 2.82. The molecule has 2 aromatic heterocycles. The van der Waals surface area contributed by atoms with Crippen LogP contribution in [0.3, 0.4) is 0 Å². The molecule has 2 aromatic rings. The lowest BCUT2D eigenvalue weighted by Crippen LogP contribution is -2.24. The molecular weight excluding hydrogens is 244 g/mol. The molecule has 2 heterocycles. The fourth-order valence-corrected chi connectivity index (χ4v) is 2.49. The van der Waals surface area contributed by atoms with E-state index in [1.807, 2.05) is 13.1 Å². The molecule has 0 atom stereocenters. The van der Waals surface area contributed by atoms with Crippen molar-refractivity contribution >= 4 is 17.2 Å². The second kappa shape index (κ2) is 5.93. The second-order valence-electron chi connectivity index (χ2n) is 4.22. The number of nitrogens with zero attached hydrogens (tertiary/aromatic N) is 3. The SMILES string of the molecule is Cc1ncc(CN)c(N(C)CCc2cccs2)n1. The zero-order valence-corrected chi connectivity index (χ0v) is 11.6. The van der Waals surface area contributed by atoms with Gasteiger partial charge < -0.3 is 10.6 Å². The highest BCUT2D eigenvalue weighted by Gasteiger charge is 2.09. The van der Waals surface area contributed by atoms with Crippen molar-refractivity contribution in [1.82, 2.24) is 9.97 Å². The molecule has 4 nitrogen and oxygen atoms in total. The van der Waals surface area contributed by atoms with Crippen LogP contribution in [0.25, 0.3) is 0 Å². The summed E-state index contributed by atoms with van der Waals surface area (Å²) < 4.78 is 0. The van der Waals surface area contributed by atoms with Gasteiger partial charge in [0.15, 0.2) is 0 Å². The third-order valence-corrected chi connectivity index (χ3v) is 3.75. The van der Waals surface area contributed by atoms with Gasteiger partial charge in [0.25, 0.3) is 0 Å². The summed E-state index contributed by atoms with van der Waals surface area (Å²) in [6.07, 6.45) is 2.85. The summed E-state index contributed by atoms with van der Waals surface area (Å²) in [5.41, 5.74) is 6.72. The molecule has 0 spiro atoms. The molecule has 96 valence electrons. The van der Waals surface area contributed by atoms with Crippen LogP contribution in [0.2, 0.25) is 0 Å². The Kier molecular flexibility index (Phi) is 4.28. The number of rotatable bonds is 5. The summed E-state index contributed by atoms with van der Waals surface area (Å²) in [6, 6.07) is 4.24. The molecule has 0 aliphatic rings. The average molecular weight is 262 g/mol. The summed E-state index contributed by atoms with van der Waals surface area (Å²) in [7, 11) is 2.05. The van der Waals surface area contributed by atoms with Crippen LogP contribution in [-0.2, 0) is 13.0 Å². The van der Waals surface area contributed by atoms with Crippen LogP contribution in [0.4, 0.5) is 5.82 Å². The molecule has 0 aliphatic heterocycles. The van der Waals surface area contributed by atoms with Gasteiger partial charge in [-0.3, -0.25) is 0 Å². The summed E-state index contributed by atoms with van der Waals surface area (Å²) in [5.74, 6) is 1.73. The normalized spacial score (nSPS) is 10.6. The molecule has 0 bridgehead atoms. The van der Waals surface area contributed by atoms with Crippen LogP contribution in [0.5, 0.6) is 0 Å². The molecule has 2 rings (SSSR count). The van der Waals surface area contributed by atoms with Gasteiger partial charge in [-0.1, -0.05) is 6.07 Å². The molecule has 0 amide bonds. The van der Waals surface area contributed by atoms with Gasteiger partial charge in [-0.25, -0.2) is 9.97 Å². The van der Waals surface area contributed by atoms with Crippen LogP contribution in [0, 0.1) is 6.92 Å². The predicted octanol–water partition coefficient (Wildman–Crippen LogP) is 1.98. The largest absolute Gasteiger partial charge is 0.359 e. The molecule has 18 heavy (non-hydrogen) atoms. The number of hydrogen-bond acceptors (Lipinski definition) is 5. The van der Waals surface area contributed by atoms with Gasteiger partial charge in [0.05, 0.1) is 0 Å². The highest BCUT2D eigenvalue weighted by atomic mass is 32.1. The number of hydrogen-bond donors (Lipinski definition) is 1. The van der Waals surface area contributed by atoms with E-state index in [2.05, 4.69) is 39.4 Å². The van der Waals surface area contributed by atoms with E-state index in [4.69, 9.17) is 5.73 Å². The average Bonchev–Trinajstić information content (AvgIpc) is 2.89. The quantitative estimate of drug-likeness (QED) is 0.895. The smallest absolute Gasteiger partial charge is 0.136 e. The molecule has 0 unspecified atom stereocenters. The van der Waals surface area contributed by atoms with Gasteiger partial charge in [0.2, 0.25) is 0 Å². The molecule has 2 N–H and O–H groups in total. The molecule has 0 radical (unpaired) electrons. The van der Waals surface area contributed by atoms with Gasteiger partial charge in [-0.15, -0.1) is 11.3 Å². The number of anilines is 1. The van der Waals surface area contributed by atoms with Gasteiger partial charge in [-0.05, 0) is 24.8 Å². The first-order chi connectivity index (χ1) is 8.70. The molecule has 0 saturated carbocycles. The predicted molar refractivity (Wildman–Crippen MR) is 76.0 cm³/mol. The minimum atomic E-state index is 0.471. The Hall–Kier alpha value is -1.46. The third kappa shape index (κ3) is 3.05. The van der Waals surface area contributed by atoms with Crippen molar-refractivity contribution in [3.63, 3.8) is 0 Å². The Morgan fingerprint density at radius 3 is 2.94 bits per heavy atom. The van der Waals surface area contributed by atoms with Crippen molar-refractivity contribution in [2.75, 3.05) is 18.5 Å². The topological polar surface area (TPSA) is 55.0 Å². The van der Waals surface area contributed by atoms with Gasteiger partial charge >= 0.3 is 0 Å². The molecule has 0 saturated heterocycles. The minimum absolute atomic E-state index is 0.471. The lowest BCUT2D eigenvalue weighted by Gasteiger charge is -2.20. The fourth-order valence-electron chi connectivity index (χ4n) is 1.80. The molecule has 0 fully saturated rings. The second-order valence-corrected chi connectivity index (χ2v) is 5.25. The first-order valence-electron chi connectivity index (χ1n) is 5.97. The Bertz CT molecular complexity index is 496. The van der Waals surface area contributed by atoms with Crippen molar-refractivity contribution in [3.8, 4) is 0 Å². The van der Waals surface area contributed by atoms with Gasteiger partial charge in [-0.2, -0.15) is 0 Å². The minimum Gasteiger partial charge on any atom is -0.359 e. The number of aryl methyl sites for hydroxylation is 1.